The number of alkyl halides is 1. The first-order chi connectivity index (χ1) is 5.86. The summed E-state index contributed by atoms with van der Waals surface area (Å²) < 4.78 is 0. The van der Waals surface area contributed by atoms with Crippen LogP contribution in [0.15, 0.2) is 0 Å². The molecule has 5 heteroatoms. The molecular formula is C8H14BrNO3. The van der Waals surface area contributed by atoms with Crippen LogP contribution in [-0.4, -0.2) is 27.9 Å². The first-order valence-electron chi connectivity index (χ1n) is 4.03. The topological polar surface area (TPSA) is 66.4 Å². The highest BCUT2D eigenvalue weighted by Crippen LogP contribution is 2.11. The van der Waals surface area contributed by atoms with Crippen molar-refractivity contribution in [2.24, 2.45) is 5.92 Å². The predicted molar refractivity (Wildman–Crippen MR) is 52.8 cm³/mol. The zero-order chi connectivity index (χ0) is 10.6. The number of carbonyl (C=O) groups excluding carboxylic acids is 1. The zero-order valence-electron chi connectivity index (χ0n) is 7.87. The number of amides is 1. The number of hydrogen-bond acceptors (Lipinski definition) is 2. The Kier molecular flexibility index (Phi) is 4.98. The van der Waals surface area contributed by atoms with E-state index >= 15 is 0 Å². The summed E-state index contributed by atoms with van der Waals surface area (Å²) in [6, 6.07) is -0.841. The molecule has 1 amide bonds. The Morgan fingerprint density at radius 3 is 2.08 bits per heavy atom. The van der Waals surface area contributed by atoms with Crippen molar-refractivity contribution in [1.82, 2.24) is 5.32 Å². The number of nitrogens with one attached hydrogen (secondary N) is 1. The second kappa shape index (κ2) is 5.21. The van der Waals surface area contributed by atoms with Crippen molar-refractivity contribution in [1.29, 1.82) is 0 Å². The summed E-state index contributed by atoms with van der Waals surface area (Å²) in [6.07, 6.45) is 0. The van der Waals surface area contributed by atoms with Gasteiger partial charge in [0.15, 0.2) is 0 Å². The highest BCUT2D eigenvalue weighted by molar-refractivity contribution is 9.10. The first kappa shape index (κ1) is 12.4. The van der Waals surface area contributed by atoms with Crippen LogP contribution in [0, 0.1) is 5.92 Å². The molecule has 0 aliphatic rings. The van der Waals surface area contributed by atoms with E-state index in [4.69, 9.17) is 5.11 Å². The molecule has 0 spiro atoms. The third kappa shape index (κ3) is 4.26. The van der Waals surface area contributed by atoms with E-state index in [0.717, 1.165) is 0 Å². The fourth-order valence-electron chi connectivity index (χ4n) is 0.657. The van der Waals surface area contributed by atoms with Gasteiger partial charge in [0.25, 0.3) is 0 Å². The zero-order valence-corrected chi connectivity index (χ0v) is 9.46. The highest BCUT2D eigenvalue weighted by Gasteiger charge is 2.22. The molecule has 13 heavy (non-hydrogen) atoms. The predicted octanol–water partition coefficient (Wildman–Crippen LogP) is 0.995. The summed E-state index contributed by atoms with van der Waals surface area (Å²) in [7, 11) is 0. The van der Waals surface area contributed by atoms with Gasteiger partial charge >= 0.3 is 5.97 Å². The molecule has 0 aromatic carbocycles. The Morgan fingerprint density at radius 2 is 1.77 bits per heavy atom. The van der Waals surface area contributed by atoms with Crippen LogP contribution in [0.25, 0.3) is 0 Å². The van der Waals surface area contributed by atoms with Crippen LogP contribution in [0.5, 0.6) is 0 Å². The van der Waals surface area contributed by atoms with Crippen LogP contribution in [-0.2, 0) is 9.59 Å². The van der Waals surface area contributed by atoms with Gasteiger partial charge in [-0.15, -0.1) is 0 Å². The van der Waals surface area contributed by atoms with Crippen molar-refractivity contribution in [3.05, 3.63) is 0 Å². The van der Waals surface area contributed by atoms with Crippen LogP contribution >= 0.6 is 15.9 Å². The lowest BCUT2D eigenvalue weighted by Gasteiger charge is -2.15. The molecule has 4 nitrogen and oxygen atoms in total. The SMILES string of the molecule is CC(NC(=O)C(Br)C(C)C)C(=O)O. The average molecular weight is 252 g/mol. The molecule has 0 aromatic heterocycles. The molecule has 0 aliphatic carbocycles. The molecule has 0 saturated carbocycles. The van der Waals surface area contributed by atoms with Gasteiger partial charge in [-0.1, -0.05) is 29.8 Å². The summed E-state index contributed by atoms with van der Waals surface area (Å²) in [5.74, 6) is -1.18. The summed E-state index contributed by atoms with van der Waals surface area (Å²) in [6.45, 7) is 5.19. The average Bonchev–Trinajstić information content (AvgIpc) is 2.02. The molecular weight excluding hydrogens is 238 g/mol. The van der Waals surface area contributed by atoms with Crippen molar-refractivity contribution < 1.29 is 14.7 Å². The van der Waals surface area contributed by atoms with E-state index in [9.17, 15) is 9.59 Å². The Bertz CT molecular complexity index is 206. The van der Waals surface area contributed by atoms with Crippen LogP contribution < -0.4 is 5.32 Å². The molecule has 2 atom stereocenters. The van der Waals surface area contributed by atoms with E-state index in [1.807, 2.05) is 13.8 Å². The van der Waals surface area contributed by atoms with Crippen molar-refractivity contribution in [2.75, 3.05) is 0 Å². The lowest BCUT2D eigenvalue weighted by atomic mass is 10.1. The quantitative estimate of drug-likeness (QED) is 0.733. The van der Waals surface area contributed by atoms with Gasteiger partial charge in [-0.25, -0.2) is 0 Å². The van der Waals surface area contributed by atoms with Gasteiger partial charge < -0.3 is 10.4 Å². The van der Waals surface area contributed by atoms with E-state index in [0.29, 0.717) is 0 Å². The Hall–Kier alpha value is -0.580. The summed E-state index contributed by atoms with van der Waals surface area (Å²) in [5.41, 5.74) is 0. The molecule has 0 aliphatic heterocycles. The summed E-state index contributed by atoms with van der Waals surface area (Å²) in [4.78, 5) is 21.3. The van der Waals surface area contributed by atoms with Gasteiger partial charge in [0.1, 0.15) is 6.04 Å². The van der Waals surface area contributed by atoms with E-state index in [-0.39, 0.29) is 16.7 Å². The van der Waals surface area contributed by atoms with Crippen molar-refractivity contribution >= 4 is 27.8 Å². The van der Waals surface area contributed by atoms with Gasteiger partial charge in [0.2, 0.25) is 5.91 Å². The summed E-state index contributed by atoms with van der Waals surface area (Å²) in [5, 5.41) is 10.9. The summed E-state index contributed by atoms with van der Waals surface area (Å²) >= 11 is 3.18. The molecule has 0 radical (unpaired) electrons. The number of carbonyl (C=O) groups is 2. The van der Waals surface area contributed by atoms with Gasteiger partial charge in [-0.05, 0) is 12.8 Å². The van der Waals surface area contributed by atoms with Crippen molar-refractivity contribution in [2.45, 2.75) is 31.6 Å². The van der Waals surface area contributed by atoms with Gasteiger partial charge in [-0.2, -0.15) is 0 Å². The lowest BCUT2D eigenvalue weighted by molar-refractivity contribution is -0.141. The molecule has 76 valence electrons. The van der Waals surface area contributed by atoms with E-state index < -0.39 is 12.0 Å². The van der Waals surface area contributed by atoms with Crippen LogP contribution in [0.3, 0.4) is 0 Å². The molecule has 0 aromatic rings. The molecule has 2 N–H and O–H groups in total. The number of carboxylic acids is 1. The number of halogens is 1. The van der Waals surface area contributed by atoms with E-state index in [1.54, 1.807) is 0 Å². The van der Waals surface area contributed by atoms with Crippen molar-refractivity contribution in [3.63, 3.8) is 0 Å². The second-order valence-electron chi connectivity index (χ2n) is 3.21. The third-order valence-corrected chi connectivity index (χ3v) is 3.04. The molecule has 0 heterocycles. The lowest BCUT2D eigenvalue weighted by Crippen LogP contribution is -2.43. The smallest absolute Gasteiger partial charge is 0.325 e. The molecule has 0 saturated heterocycles. The third-order valence-electron chi connectivity index (χ3n) is 1.56. The van der Waals surface area contributed by atoms with Gasteiger partial charge in [-0.3, -0.25) is 9.59 Å². The van der Waals surface area contributed by atoms with E-state index in [2.05, 4.69) is 21.2 Å². The van der Waals surface area contributed by atoms with Gasteiger partial charge in [0, 0.05) is 0 Å². The maximum atomic E-state index is 11.3. The van der Waals surface area contributed by atoms with Crippen LogP contribution in [0.2, 0.25) is 0 Å². The van der Waals surface area contributed by atoms with Crippen molar-refractivity contribution in [3.8, 4) is 0 Å². The number of rotatable bonds is 4. The number of carboxylic acid groups (broad SMARTS) is 1. The molecule has 2 unspecified atom stereocenters. The molecule has 0 fully saturated rings. The van der Waals surface area contributed by atoms with Gasteiger partial charge in [0.05, 0.1) is 4.83 Å². The largest absolute Gasteiger partial charge is 0.480 e. The number of aliphatic carboxylic acids is 1. The Balaban J connectivity index is 4.08. The molecule has 0 rings (SSSR count). The minimum absolute atomic E-state index is 0.140. The fourth-order valence-corrected chi connectivity index (χ4v) is 0.790. The fraction of sp³-hybridized carbons (Fsp3) is 0.750. The Labute approximate surface area is 85.8 Å². The second-order valence-corrected chi connectivity index (χ2v) is 4.20. The standard InChI is InChI=1S/C8H14BrNO3/c1-4(2)6(9)7(11)10-5(3)8(12)13/h4-6H,1-3H3,(H,10,11)(H,12,13). The van der Waals surface area contributed by atoms with Crippen LogP contribution in [0.4, 0.5) is 0 Å². The minimum Gasteiger partial charge on any atom is -0.480 e. The maximum Gasteiger partial charge on any atom is 0.325 e. The minimum atomic E-state index is -1.03. The van der Waals surface area contributed by atoms with E-state index in [1.165, 1.54) is 6.92 Å². The molecule has 0 bridgehead atoms. The highest BCUT2D eigenvalue weighted by atomic mass is 79.9. The van der Waals surface area contributed by atoms with Crippen LogP contribution in [0.1, 0.15) is 20.8 Å². The normalized spacial score (nSPS) is 15.2. The Morgan fingerprint density at radius 1 is 1.31 bits per heavy atom. The number of hydrogen-bond donors (Lipinski definition) is 2. The first-order valence-corrected chi connectivity index (χ1v) is 4.95. The monoisotopic (exact) mass is 251 g/mol. The maximum absolute atomic E-state index is 11.3.